The first-order valence-electron chi connectivity index (χ1n) is 3.51. The van der Waals surface area contributed by atoms with E-state index in [4.69, 9.17) is 0 Å². The smallest absolute Gasteiger partial charge is 0.0152 e. The maximum absolute atomic E-state index is 2.56. The number of halogens is 1. The van der Waals surface area contributed by atoms with Crippen LogP contribution in [0, 0.1) is 5.92 Å². The molecule has 1 saturated carbocycles. The van der Waals surface area contributed by atoms with Gasteiger partial charge in [0.1, 0.15) is 0 Å². The number of rotatable bonds is 3. The van der Waals surface area contributed by atoms with E-state index in [2.05, 4.69) is 48.2 Å². The molecule has 0 N–H and O–H groups in total. The van der Waals surface area contributed by atoms with Gasteiger partial charge in [0.05, 0.1) is 0 Å². The SMILES string of the molecule is CCS[C@H](C)[C@@H]1C[C@@H]1I. The fourth-order valence-corrected chi connectivity index (χ4v) is 3.62. The molecule has 0 aromatic heterocycles. The zero-order chi connectivity index (χ0) is 6.85. The molecule has 0 radical (unpaired) electrons. The highest BCUT2D eigenvalue weighted by atomic mass is 127. The van der Waals surface area contributed by atoms with Crippen LogP contribution in [0.2, 0.25) is 0 Å². The number of hydrogen-bond donors (Lipinski definition) is 0. The van der Waals surface area contributed by atoms with Gasteiger partial charge in [-0.3, -0.25) is 0 Å². The molecule has 0 nitrogen and oxygen atoms in total. The van der Waals surface area contributed by atoms with Gasteiger partial charge in [0.25, 0.3) is 0 Å². The van der Waals surface area contributed by atoms with Crippen molar-refractivity contribution in [3.05, 3.63) is 0 Å². The van der Waals surface area contributed by atoms with Crippen LogP contribution in [0.1, 0.15) is 20.3 Å². The average molecular weight is 256 g/mol. The molecular formula is C7H13IS. The minimum absolute atomic E-state index is 0.914. The van der Waals surface area contributed by atoms with Gasteiger partial charge in [0, 0.05) is 9.17 Å². The van der Waals surface area contributed by atoms with E-state index in [1.165, 1.54) is 12.2 Å². The van der Waals surface area contributed by atoms with Crippen molar-refractivity contribution in [1.29, 1.82) is 0 Å². The van der Waals surface area contributed by atoms with E-state index in [0.717, 1.165) is 15.1 Å². The quantitative estimate of drug-likeness (QED) is 0.552. The Labute approximate surface area is 75.3 Å². The Hall–Kier alpha value is 1.08. The van der Waals surface area contributed by atoms with Gasteiger partial charge in [-0.05, 0) is 18.1 Å². The minimum Gasteiger partial charge on any atom is -0.159 e. The second-order valence-electron chi connectivity index (χ2n) is 2.58. The van der Waals surface area contributed by atoms with Gasteiger partial charge in [-0.2, -0.15) is 11.8 Å². The van der Waals surface area contributed by atoms with E-state index >= 15 is 0 Å². The Kier molecular flexibility index (Phi) is 3.15. The van der Waals surface area contributed by atoms with Crippen molar-refractivity contribution in [2.24, 2.45) is 5.92 Å². The van der Waals surface area contributed by atoms with E-state index in [1.54, 1.807) is 0 Å². The number of thioether (sulfide) groups is 1. The van der Waals surface area contributed by atoms with Crippen LogP contribution in [0.3, 0.4) is 0 Å². The third-order valence-corrected chi connectivity index (χ3v) is 4.43. The summed E-state index contributed by atoms with van der Waals surface area (Å²) >= 11 is 4.66. The topological polar surface area (TPSA) is 0 Å². The van der Waals surface area contributed by atoms with Crippen LogP contribution in [-0.4, -0.2) is 14.9 Å². The maximum atomic E-state index is 2.56. The fourth-order valence-electron chi connectivity index (χ4n) is 1.05. The largest absolute Gasteiger partial charge is 0.159 e. The fraction of sp³-hybridized carbons (Fsp3) is 1.00. The Morgan fingerprint density at radius 3 is 2.67 bits per heavy atom. The van der Waals surface area contributed by atoms with Gasteiger partial charge in [0.15, 0.2) is 0 Å². The van der Waals surface area contributed by atoms with Crippen LogP contribution >= 0.6 is 34.4 Å². The summed E-state index contributed by atoms with van der Waals surface area (Å²) in [7, 11) is 0. The molecule has 0 amide bonds. The normalized spacial score (nSPS) is 36.3. The van der Waals surface area contributed by atoms with Crippen LogP contribution in [0.15, 0.2) is 0 Å². The van der Waals surface area contributed by atoms with Crippen LogP contribution in [0.5, 0.6) is 0 Å². The van der Waals surface area contributed by atoms with Crippen LogP contribution in [-0.2, 0) is 0 Å². The monoisotopic (exact) mass is 256 g/mol. The lowest BCUT2D eigenvalue weighted by Crippen LogP contribution is -2.00. The van der Waals surface area contributed by atoms with Crippen LogP contribution < -0.4 is 0 Å². The van der Waals surface area contributed by atoms with Crippen molar-refractivity contribution < 1.29 is 0 Å². The van der Waals surface area contributed by atoms with Crippen molar-refractivity contribution in [1.82, 2.24) is 0 Å². The Balaban J connectivity index is 2.11. The minimum atomic E-state index is 0.914. The van der Waals surface area contributed by atoms with Crippen molar-refractivity contribution in [2.75, 3.05) is 5.75 Å². The Morgan fingerprint density at radius 2 is 2.33 bits per heavy atom. The molecule has 1 aliphatic rings. The number of hydrogen-bond acceptors (Lipinski definition) is 1. The standard InChI is InChI=1S/C7H13IS/c1-3-9-5(2)6-4-7(6)8/h5-7H,3-4H2,1-2H3/t5-,6+,7+/m1/s1. The predicted molar refractivity (Wildman–Crippen MR) is 53.5 cm³/mol. The zero-order valence-corrected chi connectivity index (χ0v) is 8.91. The molecule has 9 heavy (non-hydrogen) atoms. The lowest BCUT2D eigenvalue weighted by atomic mass is 10.3. The van der Waals surface area contributed by atoms with Gasteiger partial charge in [-0.1, -0.05) is 36.4 Å². The van der Waals surface area contributed by atoms with Crippen LogP contribution in [0.4, 0.5) is 0 Å². The molecule has 3 atom stereocenters. The molecule has 0 bridgehead atoms. The van der Waals surface area contributed by atoms with E-state index in [9.17, 15) is 0 Å². The third kappa shape index (κ3) is 2.30. The lowest BCUT2D eigenvalue weighted by Gasteiger charge is -2.06. The molecule has 0 aromatic rings. The Morgan fingerprint density at radius 1 is 1.78 bits per heavy atom. The molecule has 1 rings (SSSR count). The summed E-state index contributed by atoms with van der Waals surface area (Å²) in [6.07, 6.45) is 1.47. The second kappa shape index (κ2) is 3.46. The summed E-state index contributed by atoms with van der Waals surface area (Å²) in [5.41, 5.74) is 0. The van der Waals surface area contributed by atoms with Crippen molar-refractivity contribution in [3.8, 4) is 0 Å². The first kappa shape index (κ1) is 8.18. The summed E-state index contributed by atoms with van der Waals surface area (Å²) in [5.74, 6) is 2.32. The summed E-state index contributed by atoms with van der Waals surface area (Å²) in [6, 6.07) is 0. The molecule has 54 valence electrons. The molecule has 0 saturated heterocycles. The van der Waals surface area contributed by atoms with E-state index in [0.29, 0.717) is 0 Å². The molecule has 0 heterocycles. The van der Waals surface area contributed by atoms with E-state index < -0.39 is 0 Å². The highest BCUT2D eigenvalue weighted by molar-refractivity contribution is 14.1. The van der Waals surface area contributed by atoms with Gasteiger partial charge in [-0.15, -0.1) is 0 Å². The molecular weight excluding hydrogens is 243 g/mol. The average Bonchev–Trinajstić information content (AvgIpc) is 2.47. The van der Waals surface area contributed by atoms with E-state index in [1.807, 2.05) is 0 Å². The van der Waals surface area contributed by atoms with Gasteiger partial charge < -0.3 is 0 Å². The summed E-state index contributed by atoms with van der Waals surface area (Å²) < 4.78 is 0.997. The third-order valence-electron chi connectivity index (χ3n) is 1.79. The number of alkyl halides is 1. The van der Waals surface area contributed by atoms with Gasteiger partial charge in [-0.25, -0.2) is 0 Å². The lowest BCUT2D eigenvalue weighted by molar-refractivity contribution is 0.828. The molecule has 1 fully saturated rings. The van der Waals surface area contributed by atoms with E-state index in [-0.39, 0.29) is 0 Å². The Bertz CT molecular complexity index is 94.9. The first-order chi connectivity index (χ1) is 4.25. The molecule has 0 spiro atoms. The highest BCUT2D eigenvalue weighted by Gasteiger charge is 2.38. The highest BCUT2D eigenvalue weighted by Crippen LogP contribution is 2.44. The van der Waals surface area contributed by atoms with Crippen molar-refractivity contribution >= 4 is 34.4 Å². The van der Waals surface area contributed by atoms with Gasteiger partial charge >= 0.3 is 0 Å². The first-order valence-corrected chi connectivity index (χ1v) is 5.80. The molecule has 0 aliphatic heterocycles. The summed E-state index contributed by atoms with van der Waals surface area (Å²) in [5, 5.41) is 0.914. The molecule has 2 heteroatoms. The van der Waals surface area contributed by atoms with Crippen LogP contribution in [0.25, 0.3) is 0 Å². The summed E-state index contributed by atoms with van der Waals surface area (Å²) in [6.45, 7) is 4.60. The van der Waals surface area contributed by atoms with Crippen molar-refractivity contribution in [3.63, 3.8) is 0 Å². The molecule has 1 aliphatic carbocycles. The predicted octanol–water partition coefficient (Wildman–Crippen LogP) is 2.95. The zero-order valence-electron chi connectivity index (χ0n) is 5.93. The molecule has 0 unspecified atom stereocenters. The second-order valence-corrected chi connectivity index (χ2v) is 5.83. The van der Waals surface area contributed by atoms with Crippen molar-refractivity contribution in [2.45, 2.75) is 29.4 Å². The summed E-state index contributed by atoms with van der Waals surface area (Å²) in [4.78, 5) is 0. The molecule has 0 aromatic carbocycles. The maximum Gasteiger partial charge on any atom is 0.0152 e. The van der Waals surface area contributed by atoms with Gasteiger partial charge in [0.2, 0.25) is 0 Å².